The largest absolute Gasteiger partial charge is 0.478 e. The molecule has 0 fully saturated rings. The summed E-state index contributed by atoms with van der Waals surface area (Å²) in [4.78, 5) is 112. The van der Waals surface area contributed by atoms with Crippen molar-refractivity contribution in [2.45, 2.75) is 206 Å². The van der Waals surface area contributed by atoms with Crippen LogP contribution in [0.15, 0.2) is 84.0 Å². The lowest BCUT2D eigenvalue weighted by Gasteiger charge is -2.42. The van der Waals surface area contributed by atoms with Gasteiger partial charge < -0.3 is 40.1 Å². The number of benzene rings is 2. The topological polar surface area (TPSA) is 284 Å². The molecule has 0 aromatic heterocycles. The van der Waals surface area contributed by atoms with Crippen LogP contribution in [0.25, 0.3) is 0 Å². The molecule has 4 N–H and O–H groups in total. The number of nitrogens with zero attached hydrogens (tertiary/aromatic N) is 4. The highest BCUT2D eigenvalue weighted by atomic mass is 32.2. The molecule has 2 rings (SSSR count). The van der Waals surface area contributed by atoms with Gasteiger partial charge in [-0.1, -0.05) is 128 Å². The van der Waals surface area contributed by atoms with Crippen molar-refractivity contribution < 1.29 is 70.7 Å². The fourth-order valence-corrected chi connectivity index (χ4v) is 10.7. The number of nitrogens with one attached hydrogen (secondary N) is 2. The van der Waals surface area contributed by atoms with Crippen LogP contribution in [0.1, 0.15) is 150 Å². The third-order valence-electron chi connectivity index (χ3n) is 15.7. The first-order chi connectivity index (χ1) is 39.2. The maximum absolute atomic E-state index is 14.3. The summed E-state index contributed by atoms with van der Waals surface area (Å²) in [5.74, 6) is -5.37. The van der Waals surface area contributed by atoms with Gasteiger partial charge in [0.2, 0.25) is 23.6 Å². The molecule has 0 saturated carbocycles. The normalized spacial score (nSPS) is 15.4. The fraction of sp³-hybridized carbons (Fsp3) is 0.625. The minimum Gasteiger partial charge on any atom is -0.478 e. The van der Waals surface area contributed by atoms with Crippen LogP contribution in [0.3, 0.4) is 0 Å². The summed E-state index contributed by atoms with van der Waals surface area (Å²) in [5, 5.41) is 24.4. The number of amides is 6. The van der Waals surface area contributed by atoms with E-state index in [1.807, 2.05) is 76.2 Å². The molecule has 0 radical (unpaired) electrons. The van der Waals surface area contributed by atoms with Crippen molar-refractivity contribution in [1.82, 2.24) is 30.2 Å². The molecule has 23 heteroatoms. The van der Waals surface area contributed by atoms with Crippen LogP contribution in [0.2, 0.25) is 0 Å². The molecule has 0 aliphatic rings. The summed E-state index contributed by atoms with van der Waals surface area (Å²) in [7, 11) is 0.325. The number of aliphatic carboxylic acids is 2. The zero-order chi connectivity index (χ0) is 68.2. The van der Waals surface area contributed by atoms with Crippen LogP contribution in [0.5, 0.6) is 0 Å². The number of likely N-dealkylation sites (N-methyl/N-ethyl adjacent to an activating group) is 4. The third kappa shape index (κ3) is 21.0. The lowest BCUT2D eigenvalue weighted by molar-refractivity contribution is -0.139. The van der Waals surface area contributed by atoms with Crippen molar-refractivity contribution in [3.8, 4) is 0 Å². The Kier molecular flexibility index (Phi) is 27.5. The van der Waals surface area contributed by atoms with Crippen LogP contribution in [0.4, 0.5) is 9.59 Å². The highest BCUT2D eigenvalue weighted by Gasteiger charge is 2.51. The number of carboxylic acid groups (broad SMARTS) is 2. The zero-order valence-corrected chi connectivity index (χ0v) is 58.0. The number of rotatable bonds is 24. The van der Waals surface area contributed by atoms with E-state index >= 15 is 0 Å². The summed E-state index contributed by atoms with van der Waals surface area (Å²) in [6.45, 7) is 33.5. The van der Waals surface area contributed by atoms with E-state index in [1.54, 1.807) is 95.2 Å². The van der Waals surface area contributed by atoms with Crippen molar-refractivity contribution in [2.24, 2.45) is 11.8 Å². The summed E-state index contributed by atoms with van der Waals surface area (Å²) in [6, 6.07) is 11.7. The van der Waals surface area contributed by atoms with Gasteiger partial charge in [-0.15, -0.1) is 0 Å². The standard InChI is InChI=1S/C32H51N3O8S.C32H51N3O7S/c1-20(2)23(19-21(3)28(38)39)34(11)27(37)24(32(9,10)44(13,41)42)33-26(36)25(35(12)29(40)43-30(4,5)6)31(7,8)22-17-15-14-16-18-22;1-20(2)23(19-21(3)28(38)39)34(11)27(37)24(32(9,10)43(13)41)33-26(36)25(35(12)29(40)42-30(4,5)6)31(7,8)22-17-15-14-16-18-22/h14-20,23-25H,1-13H3,(H,33,36)(H,38,39);14-20,23-25H,1-13H3,(H,33,36)(H,38,39)/b2*21-19+/t23-,24-,25-;23-,24-,25-,43?/m11/s1. The molecule has 0 spiro atoms. The number of carbonyl (C=O) groups excluding carboxylic acids is 6. The molecule has 87 heavy (non-hydrogen) atoms. The molecule has 0 aliphatic carbocycles. The minimum atomic E-state index is -3.96. The van der Waals surface area contributed by atoms with E-state index in [1.165, 1.54) is 89.0 Å². The van der Waals surface area contributed by atoms with Gasteiger partial charge in [0.05, 0.1) is 21.6 Å². The zero-order valence-electron chi connectivity index (χ0n) is 56.4. The molecule has 7 atom stereocenters. The second-order valence-corrected chi connectivity index (χ2v) is 31.7. The van der Waals surface area contributed by atoms with Gasteiger partial charge in [-0.3, -0.25) is 33.2 Å². The first-order valence-electron chi connectivity index (χ1n) is 28.8. The fourth-order valence-electron chi connectivity index (χ4n) is 9.65. The molecule has 0 heterocycles. The Morgan fingerprint density at radius 3 is 1.07 bits per heavy atom. The van der Waals surface area contributed by atoms with E-state index in [0.29, 0.717) is 5.56 Å². The van der Waals surface area contributed by atoms with Gasteiger partial charge in [-0.25, -0.2) is 27.6 Å². The van der Waals surface area contributed by atoms with Gasteiger partial charge in [0, 0.05) is 73.5 Å². The summed E-state index contributed by atoms with van der Waals surface area (Å²) < 4.78 is 47.3. The maximum atomic E-state index is 14.3. The molecule has 2 aromatic carbocycles. The molecule has 490 valence electrons. The van der Waals surface area contributed by atoms with Gasteiger partial charge in [-0.2, -0.15) is 0 Å². The Balaban J connectivity index is 0.000000870. The van der Waals surface area contributed by atoms with E-state index in [9.17, 15) is 61.2 Å². The van der Waals surface area contributed by atoms with Crippen LogP contribution in [-0.4, -0.2) is 188 Å². The monoisotopic (exact) mass is 1260 g/mol. The highest BCUT2D eigenvalue weighted by molar-refractivity contribution is 7.92. The second-order valence-electron chi connectivity index (χ2n) is 27.2. The van der Waals surface area contributed by atoms with Gasteiger partial charge in [-0.05, 0) is 106 Å². The molecule has 0 saturated heterocycles. The lowest BCUT2D eigenvalue weighted by atomic mass is 9.76. The smallest absolute Gasteiger partial charge is 0.410 e. The molecule has 0 bridgehead atoms. The second kappa shape index (κ2) is 30.5. The lowest BCUT2D eigenvalue weighted by Crippen LogP contribution is -2.66. The van der Waals surface area contributed by atoms with Crippen molar-refractivity contribution in [2.75, 3.05) is 40.7 Å². The van der Waals surface area contributed by atoms with E-state index in [-0.39, 0.29) is 23.0 Å². The third-order valence-corrected chi connectivity index (χ3v) is 19.5. The number of hydrogen-bond donors (Lipinski definition) is 4. The minimum absolute atomic E-state index is 0.00923. The molecule has 21 nitrogen and oxygen atoms in total. The number of carboxylic acids is 2. The predicted octanol–water partition coefficient (Wildman–Crippen LogP) is 8.38. The average Bonchev–Trinajstić information content (AvgIpc) is 1.48. The summed E-state index contributed by atoms with van der Waals surface area (Å²) in [6.07, 6.45) is 3.86. The Bertz CT molecular complexity index is 2960. The number of carbonyl (C=O) groups is 8. The van der Waals surface area contributed by atoms with E-state index in [0.717, 1.165) is 16.7 Å². The number of sulfone groups is 1. The number of hydrogen-bond acceptors (Lipinski definition) is 13. The average molecular weight is 1260 g/mol. The SMILES string of the molecule is C/C(=C\[C@H](C(C)C)N(C)C(=O)[C@@H](NC(=O)[C@@H](N(C)C(=O)OC(C)(C)C)C(C)(C)c1ccccc1)C(C)(C)S(C)(=O)=O)C(=O)O.C/C(=C\[C@H](C(C)C)N(C)C(=O)[C@@H](NC(=O)[C@@H](N(C)C(=O)OC(C)(C)C)C(C)(C)c1ccccc1)C(C)(C)S(C)=O)C(=O)O. The summed E-state index contributed by atoms with van der Waals surface area (Å²) >= 11 is 0. The van der Waals surface area contributed by atoms with Crippen molar-refractivity contribution in [3.05, 3.63) is 95.1 Å². The molecular formula is C64H102N6O15S2. The summed E-state index contributed by atoms with van der Waals surface area (Å²) in [5.41, 5.74) is -2.10. The van der Waals surface area contributed by atoms with Gasteiger partial charge >= 0.3 is 24.1 Å². The van der Waals surface area contributed by atoms with Gasteiger partial charge in [0.1, 0.15) is 35.4 Å². The van der Waals surface area contributed by atoms with E-state index in [4.69, 9.17) is 9.47 Å². The Hall–Kier alpha value is -6.62. The molecule has 2 aromatic rings. The van der Waals surface area contributed by atoms with E-state index < -0.39 is 136 Å². The Morgan fingerprint density at radius 2 is 0.816 bits per heavy atom. The number of ether oxygens (including phenoxy) is 2. The first-order valence-corrected chi connectivity index (χ1v) is 32.2. The Morgan fingerprint density at radius 1 is 0.529 bits per heavy atom. The molecule has 6 amide bonds. The first kappa shape index (κ1) is 78.4. The molecular weight excluding hydrogens is 1160 g/mol. The van der Waals surface area contributed by atoms with Gasteiger partial charge in [0.25, 0.3) is 0 Å². The molecule has 0 aliphatic heterocycles. The van der Waals surface area contributed by atoms with E-state index in [2.05, 4.69) is 10.6 Å². The Labute approximate surface area is 520 Å². The highest BCUT2D eigenvalue weighted by Crippen LogP contribution is 2.35. The predicted molar refractivity (Wildman–Crippen MR) is 341 cm³/mol. The van der Waals surface area contributed by atoms with Crippen LogP contribution in [-0.2, 0) is 69.7 Å². The molecule has 1 unspecified atom stereocenters. The van der Waals surface area contributed by atoms with Crippen molar-refractivity contribution in [1.29, 1.82) is 0 Å². The van der Waals surface area contributed by atoms with Crippen LogP contribution in [0, 0.1) is 11.8 Å². The van der Waals surface area contributed by atoms with Crippen molar-refractivity contribution in [3.63, 3.8) is 0 Å². The van der Waals surface area contributed by atoms with Gasteiger partial charge in [0.15, 0.2) is 9.84 Å². The van der Waals surface area contributed by atoms with Crippen molar-refractivity contribution >= 4 is 68.4 Å². The quantitative estimate of drug-likeness (QED) is 0.0718. The van der Waals surface area contributed by atoms with Crippen LogP contribution < -0.4 is 10.6 Å². The maximum Gasteiger partial charge on any atom is 0.410 e. The van der Waals surface area contributed by atoms with Crippen LogP contribution >= 0.6 is 0 Å².